The van der Waals surface area contributed by atoms with Gasteiger partial charge in [-0.15, -0.1) is 0 Å². The highest BCUT2D eigenvalue weighted by Gasteiger charge is 2.16. The van der Waals surface area contributed by atoms with Gasteiger partial charge in [0, 0.05) is 44.2 Å². The molecule has 0 aliphatic heterocycles. The molecule has 2 amide bonds. The average Bonchev–Trinajstić information content (AvgIpc) is 3.38. The lowest BCUT2D eigenvalue weighted by Crippen LogP contribution is -2.27. The number of aromatic nitrogens is 3. The fraction of sp³-hybridized carbons (Fsp3) is 0.286. The highest BCUT2D eigenvalue weighted by atomic mass is 16.2. The minimum absolute atomic E-state index is 0.0801. The second-order valence-corrected chi connectivity index (χ2v) is 6.80. The summed E-state index contributed by atoms with van der Waals surface area (Å²) in [6, 6.07) is 11.2. The topological polar surface area (TPSA) is 91.8 Å². The molecule has 7 nitrogen and oxygen atoms in total. The van der Waals surface area contributed by atoms with Gasteiger partial charge in [0.1, 0.15) is 5.69 Å². The van der Waals surface area contributed by atoms with Crippen molar-refractivity contribution in [1.29, 1.82) is 0 Å². The molecule has 0 saturated heterocycles. The molecule has 1 unspecified atom stereocenters. The van der Waals surface area contributed by atoms with Crippen molar-refractivity contribution in [3.05, 3.63) is 65.6 Å². The molecule has 0 saturated carbocycles. The number of benzene rings is 1. The van der Waals surface area contributed by atoms with Crippen LogP contribution in [-0.2, 0) is 7.05 Å². The van der Waals surface area contributed by atoms with Crippen molar-refractivity contribution in [1.82, 2.24) is 25.4 Å². The predicted molar refractivity (Wildman–Crippen MR) is 108 cm³/mol. The second-order valence-electron chi connectivity index (χ2n) is 6.80. The summed E-state index contributed by atoms with van der Waals surface area (Å²) in [5.74, 6) is -0.0241. The van der Waals surface area contributed by atoms with Crippen LogP contribution in [0.5, 0.6) is 0 Å². The fourth-order valence-corrected chi connectivity index (χ4v) is 3.26. The van der Waals surface area contributed by atoms with Gasteiger partial charge >= 0.3 is 0 Å². The van der Waals surface area contributed by atoms with E-state index in [4.69, 9.17) is 0 Å². The second kappa shape index (κ2) is 8.56. The number of nitrogens with zero attached hydrogens (tertiary/aromatic N) is 2. The number of nitrogens with one attached hydrogen (secondary N) is 3. The van der Waals surface area contributed by atoms with Crippen LogP contribution in [0, 0.1) is 0 Å². The van der Waals surface area contributed by atoms with E-state index in [1.54, 1.807) is 23.9 Å². The molecule has 1 aromatic carbocycles. The Labute approximate surface area is 164 Å². The highest BCUT2D eigenvalue weighted by molar-refractivity contribution is 5.95. The van der Waals surface area contributed by atoms with E-state index < -0.39 is 0 Å². The van der Waals surface area contributed by atoms with Crippen LogP contribution in [0.15, 0.2) is 48.8 Å². The Morgan fingerprint density at radius 1 is 1.21 bits per heavy atom. The molecule has 2 heterocycles. The molecule has 3 N–H and O–H groups in total. The molecule has 0 spiro atoms. The summed E-state index contributed by atoms with van der Waals surface area (Å²) < 4.78 is 1.80. The van der Waals surface area contributed by atoms with Gasteiger partial charge in [-0.2, -0.15) is 5.10 Å². The molecular formula is C21H25N5O2. The van der Waals surface area contributed by atoms with E-state index in [9.17, 15) is 9.59 Å². The summed E-state index contributed by atoms with van der Waals surface area (Å²) in [7, 11) is 3.46. The largest absolute Gasteiger partial charge is 0.355 e. The first-order valence-electron chi connectivity index (χ1n) is 9.26. The zero-order valence-electron chi connectivity index (χ0n) is 16.3. The van der Waals surface area contributed by atoms with Gasteiger partial charge in [-0.1, -0.05) is 13.0 Å². The van der Waals surface area contributed by atoms with Gasteiger partial charge in [0.2, 0.25) is 0 Å². The lowest BCUT2D eigenvalue weighted by atomic mass is 9.90. The number of aromatic amines is 1. The van der Waals surface area contributed by atoms with Gasteiger partial charge in [-0.25, -0.2) is 0 Å². The standard InChI is InChI=1S/C21H25N5O2/c1-14(8-10-23-21(28)19-5-4-12-26(19)3)16-7-6-15(20(27)22-2)13-17(16)18-9-11-24-25-18/h4-7,9,11-14H,8,10H2,1-3H3,(H,22,27)(H,23,28)(H,24,25). The summed E-state index contributed by atoms with van der Waals surface area (Å²) in [6.45, 7) is 2.67. The van der Waals surface area contributed by atoms with Gasteiger partial charge < -0.3 is 15.2 Å². The van der Waals surface area contributed by atoms with E-state index >= 15 is 0 Å². The lowest BCUT2D eigenvalue weighted by molar-refractivity contribution is 0.0941. The normalized spacial score (nSPS) is 11.8. The Kier molecular flexibility index (Phi) is 5.93. The van der Waals surface area contributed by atoms with Crippen LogP contribution >= 0.6 is 0 Å². The van der Waals surface area contributed by atoms with E-state index in [0.29, 0.717) is 17.8 Å². The quantitative estimate of drug-likeness (QED) is 0.589. The van der Waals surface area contributed by atoms with E-state index in [1.807, 2.05) is 43.6 Å². The number of rotatable bonds is 7. The molecule has 0 bridgehead atoms. The Morgan fingerprint density at radius 2 is 2.04 bits per heavy atom. The van der Waals surface area contributed by atoms with Crippen LogP contribution in [0.1, 0.15) is 45.7 Å². The molecule has 7 heteroatoms. The third-order valence-electron chi connectivity index (χ3n) is 4.90. The van der Waals surface area contributed by atoms with Crippen LogP contribution < -0.4 is 10.6 Å². The van der Waals surface area contributed by atoms with Gasteiger partial charge in [0.25, 0.3) is 11.8 Å². The molecule has 146 valence electrons. The fourth-order valence-electron chi connectivity index (χ4n) is 3.26. The van der Waals surface area contributed by atoms with E-state index in [0.717, 1.165) is 23.2 Å². The first-order valence-corrected chi connectivity index (χ1v) is 9.26. The molecule has 0 fully saturated rings. The Balaban J connectivity index is 1.73. The smallest absolute Gasteiger partial charge is 0.267 e. The third kappa shape index (κ3) is 4.14. The van der Waals surface area contributed by atoms with Crippen LogP contribution in [0.2, 0.25) is 0 Å². The van der Waals surface area contributed by atoms with Gasteiger partial charge in [-0.3, -0.25) is 14.7 Å². The van der Waals surface area contributed by atoms with E-state index in [-0.39, 0.29) is 17.7 Å². The summed E-state index contributed by atoms with van der Waals surface area (Å²) in [6.07, 6.45) is 4.31. The van der Waals surface area contributed by atoms with Crippen LogP contribution in [0.25, 0.3) is 11.3 Å². The molecule has 28 heavy (non-hydrogen) atoms. The number of carbonyl (C=O) groups is 2. The minimum atomic E-state index is -0.130. The van der Waals surface area contributed by atoms with Gasteiger partial charge in [0.15, 0.2) is 0 Å². The first-order chi connectivity index (χ1) is 13.5. The van der Waals surface area contributed by atoms with Gasteiger partial charge in [0.05, 0.1) is 5.69 Å². The van der Waals surface area contributed by atoms with Crippen molar-refractivity contribution in [2.45, 2.75) is 19.3 Å². The maximum absolute atomic E-state index is 12.3. The van der Waals surface area contributed by atoms with E-state index in [2.05, 4.69) is 27.8 Å². The maximum atomic E-state index is 12.3. The average molecular weight is 379 g/mol. The zero-order chi connectivity index (χ0) is 20.1. The number of hydrogen-bond acceptors (Lipinski definition) is 3. The molecule has 0 radical (unpaired) electrons. The zero-order valence-corrected chi connectivity index (χ0v) is 16.3. The lowest BCUT2D eigenvalue weighted by Gasteiger charge is -2.17. The van der Waals surface area contributed by atoms with E-state index in [1.165, 1.54) is 0 Å². The molecule has 3 aromatic rings. The SMILES string of the molecule is CNC(=O)c1ccc(C(C)CCNC(=O)c2cccn2C)c(-c2ccn[nH]2)c1. The Morgan fingerprint density at radius 3 is 2.68 bits per heavy atom. The molecule has 0 aliphatic rings. The number of hydrogen-bond donors (Lipinski definition) is 3. The van der Waals surface area contributed by atoms with Crippen LogP contribution in [0.3, 0.4) is 0 Å². The summed E-state index contributed by atoms with van der Waals surface area (Å²) in [5, 5.41) is 12.6. The third-order valence-corrected chi connectivity index (χ3v) is 4.90. The van der Waals surface area contributed by atoms with Crippen molar-refractivity contribution < 1.29 is 9.59 Å². The number of aryl methyl sites for hydroxylation is 1. The molecule has 0 aliphatic carbocycles. The minimum Gasteiger partial charge on any atom is -0.355 e. The van der Waals surface area contributed by atoms with Crippen molar-refractivity contribution in [3.8, 4) is 11.3 Å². The number of H-pyrrole nitrogens is 1. The molecule has 3 rings (SSSR count). The first kappa shape index (κ1) is 19.4. The van der Waals surface area contributed by atoms with Crippen LogP contribution in [0.4, 0.5) is 0 Å². The highest BCUT2D eigenvalue weighted by Crippen LogP contribution is 2.30. The molecule has 2 aromatic heterocycles. The Hall–Kier alpha value is -3.35. The van der Waals surface area contributed by atoms with Crippen molar-refractivity contribution >= 4 is 11.8 Å². The van der Waals surface area contributed by atoms with Crippen molar-refractivity contribution in [2.24, 2.45) is 7.05 Å². The maximum Gasteiger partial charge on any atom is 0.267 e. The summed E-state index contributed by atoms with van der Waals surface area (Å²) in [4.78, 5) is 24.3. The van der Waals surface area contributed by atoms with Crippen LogP contribution in [-0.4, -0.2) is 40.2 Å². The van der Waals surface area contributed by atoms with Gasteiger partial charge in [-0.05, 0) is 48.2 Å². The molecule has 1 atom stereocenters. The monoisotopic (exact) mass is 379 g/mol. The Bertz CT molecular complexity index is 959. The number of carbonyl (C=O) groups excluding carboxylic acids is 2. The molecular weight excluding hydrogens is 354 g/mol. The number of amides is 2. The summed E-state index contributed by atoms with van der Waals surface area (Å²) in [5.41, 5.74) is 4.14. The van der Waals surface area contributed by atoms with Crippen molar-refractivity contribution in [3.63, 3.8) is 0 Å². The predicted octanol–water partition coefficient (Wildman–Crippen LogP) is 2.70. The van der Waals surface area contributed by atoms with Crippen molar-refractivity contribution in [2.75, 3.05) is 13.6 Å². The summed E-state index contributed by atoms with van der Waals surface area (Å²) >= 11 is 0.